The number of carbonyl (C=O) groups excluding carboxylic acids is 3. The van der Waals surface area contributed by atoms with Crippen molar-refractivity contribution in [3.05, 3.63) is 12.7 Å². The van der Waals surface area contributed by atoms with Gasteiger partial charge in [0.25, 0.3) is 0 Å². The Labute approximate surface area is 125 Å². The Balaban J connectivity index is 2.63. The number of rotatable bonds is 6. The molecule has 1 saturated heterocycles. The van der Waals surface area contributed by atoms with Gasteiger partial charge in [-0.1, -0.05) is 20.4 Å². The average molecular weight is 296 g/mol. The smallest absolute Gasteiger partial charge is 0.320 e. The first-order valence-electron chi connectivity index (χ1n) is 7.02. The first-order chi connectivity index (χ1) is 9.79. The fraction of sp³-hybridized carbons (Fsp3) is 0.643. The minimum atomic E-state index is -0.637. The van der Waals surface area contributed by atoms with Crippen molar-refractivity contribution in [3.63, 3.8) is 0 Å². The van der Waals surface area contributed by atoms with Gasteiger partial charge in [0.05, 0.1) is 6.04 Å². The van der Waals surface area contributed by atoms with Gasteiger partial charge in [-0.25, -0.2) is 4.79 Å². The van der Waals surface area contributed by atoms with Gasteiger partial charge in [0.2, 0.25) is 11.8 Å². The summed E-state index contributed by atoms with van der Waals surface area (Å²) in [5.74, 6) is -0.839. The maximum Gasteiger partial charge on any atom is 0.320 e. The summed E-state index contributed by atoms with van der Waals surface area (Å²) in [4.78, 5) is 38.1. The molecule has 1 rings (SSSR count). The summed E-state index contributed by atoms with van der Waals surface area (Å²) in [5, 5.41) is 2.67. The van der Waals surface area contributed by atoms with Gasteiger partial charge in [0.15, 0.2) is 0 Å². The van der Waals surface area contributed by atoms with Gasteiger partial charge >= 0.3 is 6.03 Å². The molecule has 0 bridgehead atoms. The Morgan fingerprint density at radius 3 is 2.48 bits per heavy atom. The zero-order valence-electron chi connectivity index (χ0n) is 12.8. The Morgan fingerprint density at radius 2 is 2.10 bits per heavy atom. The van der Waals surface area contributed by atoms with E-state index in [4.69, 9.17) is 5.73 Å². The van der Waals surface area contributed by atoms with Crippen molar-refractivity contribution in [1.82, 2.24) is 15.1 Å². The molecule has 1 fully saturated rings. The van der Waals surface area contributed by atoms with E-state index in [1.54, 1.807) is 11.9 Å². The van der Waals surface area contributed by atoms with Crippen LogP contribution < -0.4 is 11.1 Å². The summed E-state index contributed by atoms with van der Waals surface area (Å²) in [6, 6.07) is -0.928. The summed E-state index contributed by atoms with van der Waals surface area (Å²) in [6.45, 7) is 8.06. The number of carbonyl (C=O) groups is 3. The molecule has 1 heterocycles. The van der Waals surface area contributed by atoms with Crippen LogP contribution in [0.5, 0.6) is 0 Å². The van der Waals surface area contributed by atoms with Crippen molar-refractivity contribution in [1.29, 1.82) is 0 Å². The summed E-state index contributed by atoms with van der Waals surface area (Å²) >= 11 is 0. The van der Waals surface area contributed by atoms with E-state index >= 15 is 0 Å². The topological polar surface area (TPSA) is 95.7 Å². The highest BCUT2D eigenvalue weighted by atomic mass is 16.2. The van der Waals surface area contributed by atoms with E-state index in [0.29, 0.717) is 13.1 Å². The minimum absolute atomic E-state index is 0.0514. The van der Waals surface area contributed by atoms with Crippen LogP contribution in [0.15, 0.2) is 12.7 Å². The number of hydrogen-bond donors (Lipinski definition) is 2. The highest BCUT2D eigenvalue weighted by Gasteiger charge is 2.37. The number of hydrogen-bond acceptors (Lipinski definition) is 3. The van der Waals surface area contributed by atoms with E-state index in [2.05, 4.69) is 11.9 Å². The highest BCUT2D eigenvalue weighted by Crippen LogP contribution is 2.20. The molecule has 0 radical (unpaired) electrons. The van der Waals surface area contributed by atoms with E-state index < -0.39 is 11.9 Å². The van der Waals surface area contributed by atoms with Crippen molar-refractivity contribution >= 4 is 17.8 Å². The zero-order valence-corrected chi connectivity index (χ0v) is 12.8. The predicted octanol–water partition coefficient (Wildman–Crippen LogP) is -0.0754. The summed E-state index contributed by atoms with van der Waals surface area (Å²) in [5.41, 5.74) is 5.37. The molecule has 21 heavy (non-hydrogen) atoms. The second-order valence-corrected chi connectivity index (χ2v) is 5.57. The number of likely N-dealkylation sites (tertiary alicyclic amines) is 1. The second-order valence-electron chi connectivity index (χ2n) is 5.57. The van der Waals surface area contributed by atoms with Crippen LogP contribution in [0.1, 0.15) is 20.3 Å². The fourth-order valence-electron chi connectivity index (χ4n) is 2.48. The third-order valence-corrected chi connectivity index (χ3v) is 3.73. The van der Waals surface area contributed by atoms with E-state index in [9.17, 15) is 14.4 Å². The number of nitrogens with zero attached hydrogens (tertiary/aromatic N) is 2. The Bertz CT molecular complexity index is 436. The Morgan fingerprint density at radius 1 is 1.48 bits per heavy atom. The standard InChI is InChI=1S/C14H24N4O3/c1-5-11(19)16-8-10-6-7-18(10)14(21)17(4)12(9(2)3)13(15)20/h5,9-10,12H,1,6-8H2,2-4H3,(H2,15,20)(H,16,19)/t10-,12+/m1/s1. The van der Waals surface area contributed by atoms with E-state index in [0.717, 1.165) is 6.42 Å². The lowest BCUT2D eigenvalue weighted by Crippen LogP contribution is -2.61. The van der Waals surface area contributed by atoms with Crippen LogP contribution in [0.25, 0.3) is 0 Å². The van der Waals surface area contributed by atoms with Crippen LogP contribution in [0.3, 0.4) is 0 Å². The fourth-order valence-corrected chi connectivity index (χ4v) is 2.48. The lowest BCUT2D eigenvalue weighted by atomic mass is 10.0. The molecular weight excluding hydrogens is 272 g/mol. The van der Waals surface area contributed by atoms with E-state index in [-0.39, 0.29) is 23.9 Å². The lowest BCUT2D eigenvalue weighted by molar-refractivity contribution is -0.123. The molecule has 0 aromatic heterocycles. The van der Waals surface area contributed by atoms with Crippen LogP contribution in [0.4, 0.5) is 4.79 Å². The summed E-state index contributed by atoms with van der Waals surface area (Å²) in [6.07, 6.45) is 2.01. The van der Waals surface area contributed by atoms with Gasteiger partial charge in [0.1, 0.15) is 6.04 Å². The molecule has 0 unspecified atom stereocenters. The first-order valence-corrected chi connectivity index (χ1v) is 7.02. The SMILES string of the molecule is C=CC(=O)NC[C@H]1CCN1C(=O)N(C)[C@H](C(N)=O)C(C)C. The van der Waals surface area contributed by atoms with Gasteiger partial charge in [-0.3, -0.25) is 9.59 Å². The third kappa shape index (κ3) is 3.96. The van der Waals surface area contributed by atoms with Gasteiger partial charge in [-0.15, -0.1) is 0 Å². The number of urea groups is 1. The third-order valence-electron chi connectivity index (χ3n) is 3.73. The van der Waals surface area contributed by atoms with Gasteiger partial charge < -0.3 is 20.9 Å². The molecule has 1 aliphatic heterocycles. The molecule has 118 valence electrons. The van der Waals surface area contributed by atoms with Crippen molar-refractivity contribution in [2.75, 3.05) is 20.1 Å². The maximum absolute atomic E-state index is 12.4. The second kappa shape index (κ2) is 7.10. The Kier molecular flexibility index (Phi) is 5.75. The van der Waals surface area contributed by atoms with E-state index in [1.165, 1.54) is 11.0 Å². The molecule has 2 atom stereocenters. The molecular formula is C14H24N4O3. The molecule has 0 aliphatic carbocycles. The lowest BCUT2D eigenvalue weighted by Gasteiger charge is -2.44. The van der Waals surface area contributed by atoms with E-state index in [1.807, 2.05) is 13.8 Å². The maximum atomic E-state index is 12.4. The predicted molar refractivity (Wildman–Crippen MR) is 79.3 cm³/mol. The normalized spacial score (nSPS) is 18.7. The van der Waals surface area contributed by atoms with Gasteiger partial charge in [-0.05, 0) is 18.4 Å². The molecule has 3 N–H and O–H groups in total. The first kappa shape index (κ1) is 17.0. The van der Waals surface area contributed by atoms with Crippen molar-refractivity contribution in [2.24, 2.45) is 11.7 Å². The van der Waals surface area contributed by atoms with Crippen molar-refractivity contribution < 1.29 is 14.4 Å². The molecule has 1 aliphatic rings. The number of amides is 4. The molecule has 7 heteroatoms. The van der Waals surface area contributed by atoms with Crippen LogP contribution in [-0.2, 0) is 9.59 Å². The minimum Gasteiger partial charge on any atom is -0.368 e. The number of nitrogens with one attached hydrogen (secondary N) is 1. The average Bonchev–Trinajstić information content (AvgIpc) is 2.36. The summed E-state index contributed by atoms with van der Waals surface area (Å²) in [7, 11) is 1.58. The molecule has 7 nitrogen and oxygen atoms in total. The molecule has 4 amide bonds. The van der Waals surface area contributed by atoms with Crippen LogP contribution >= 0.6 is 0 Å². The Hall–Kier alpha value is -2.05. The summed E-state index contributed by atoms with van der Waals surface area (Å²) < 4.78 is 0. The van der Waals surface area contributed by atoms with Gasteiger partial charge in [-0.2, -0.15) is 0 Å². The molecule has 0 aromatic carbocycles. The molecule has 0 spiro atoms. The van der Waals surface area contributed by atoms with Crippen molar-refractivity contribution in [2.45, 2.75) is 32.4 Å². The van der Waals surface area contributed by atoms with Crippen LogP contribution in [0, 0.1) is 5.92 Å². The number of likely N-dealkylation sites (N-methyl/N-ethyl adjacent to an activating group) is 1. The quantitative estimate of drug-likeness (QED) is 0.671. The zero-order chi connectivity index (χ0) is 16.2. The monoisotopic (exact) mass is 296 g/mol. The van der Waals surface area contributed by atoms with Crippen molar-refractivity contribution in [3.8, 4) is 0 Å². The van der Waals surface area contributed by atoms with Crippen LogP contribution in [-0.4, -0.2) is 59.9 Å². The molecule has 0 aromatic rings. The largest absolute Gasteiger partial charge is 0.368 e. The number of primary amides is 1. The molecule has 0 saturated carbocycles. The van der Waals surface area contributed by atoms with Gasteiger partial charge in [0, 0.05) is 20.1 Å². The number of nitrogens with two attached hydrogens (primary N) is 1. The highest BCUT2D eigenvalue weighted by molar-refractivity contribution is 5.87. The van der Waals surface area contributed by atoms with Crippen LogP contribution in [0.2, 0.25) is 0 Å².